The summed E-state index contributed by atoms with van der Waals surface area (Å²) in [5.41, 5.74) is 4.86. The van der Waals surface area contributed by atoms with E-state index in [0.29, 0.717) is 12.8 Å². The second kappa shape index (κ2) is 9.20. The first-order valence-electron chi connectivity index (χ1n) is 11.5. The molecule has 1 heterocycles. The number of fused-ring (bicyclic) bond motifs is 2. The molecule has 2 atom stereocenters. The van der Waals surface area contributed by atoms with Gasteiger partial charge in [0, 0.05) is 23.5 Å². The highest BCUT2D eigenvalue weighted by atomic mass is 32.2. The molecule has 9 heteroatoms. The van der Waals surface area contributed by atoms with Crippen LogP contribution in [-0.4, -0.2) is 26.9 Å². The fourth-order valence-electron chi connectivity index (χ4n) is 5.11. The fourth-order valence-corrected chi connectivity index (χ4v) is 6.40. The second-order valence-corrected chi connectivity index (χ2v) is 10.6. The maximum atomic E-state index is 12.9. The quantitative estimate of drug-likeness (QED) is 0.485. The highest BCUT2D eigenvalue weighted by Crippen LogP contribution is 2.41. The van der Waals surface area contributed by atoms with E-state index in [-0.39, 0.29) is 17.0 Å². The first kappa shape index (κ1) is 23.7. The van der Waals surface area contributed by atoms with Gasteiger partial charge in [-0.15, -0.1) is 13.2 Å². The Morgan fingerprint density at radius 1 is 0.829 bits per heavy atom. The molecule has 0 radical (unpaired) electrons. The van der Waals surface area contributed by atoms with Crippen molar-refractivity contribution in [2.24, 2.45) is 0 Å². The fraction of sp³-hybridized carbons (Fsp3) is 0.308. The van der Waals surface area contributed by atoms with Crippen molar-refractivity contribution >= 4 is 21.4 Å². The summed E-state index contributed by atoms with van der Waals surface area (Å²) in [4.78, 5) is 2.26. The van der Waals surface area contributed by atoms with E-state index in [1.165, 1.54) is 11.1 Å². The minimum absolute atomic E-state index is 0.0964. The van der Waals surface area contributed by atoms with Crippen molar-refractivity contribution in [3.8, 4) is 5.75 Å². The maximum absolute atomic E-state index is 12.9. The molecule has 1 aliphatic heterocycles. The van der Waals surface area contributed by atoms with Gasteiger partial charge >= 0.3 is 6.36 Å². The average molecular weight is 503 g/mol. The number of anilines is 2. The molecule has 1 N–H and O–H groups in total. The molecule has 5 rings (SSSR count). The maximum Gasteiger partial charge on any atom is 0.573 e. The zero-order chi connectivity index (χ0) is 24.6. The van der Waals surface area contributed by atoms with Crippen molar-refractivity contribution in [1.82, 2.24) is 4.72 Å². The van der Waals surface area contributed by atoms with Crippen LogP contribution < -0.4 is 14.4 Å². The molecule has 35 heavy (non-hydrogen) atoms. The van der Waals surface area contributed by atoms with E-state index in [9.17, 15) is 21.6 Å². The third-order valence-electron chi connectivity index (χ3n) is 6.63. The molecule has 1 aliphatic carbocycles. The van der Waals surface area contributed by atoms with Crippen LogP contribution in [0.1, 0.15) is 30.4 Å². The predicted molar refractivity (Wildman–Crippen MR) is 127 cm³/mol. The van der Waals surface area contributed by atoms with Crippen molar-refractivity contribution in [2.75, 3.05) is 4.90 Å². The van der Waals surface area contributed by atoms with Gasteiger partial charge in [-0.1, -0.05) is 36.4 Å². The van der Waals surface area contributed by atoms with Crippen LogP contribution in [0.3, 0.4) is 0 Å². The SMILES string of the molecule is O=S(=O)(N[C@H]1CC[C@@H](N2c3ccccc3CCc3ccccc32)C1)c1ccc(OC(F)(F)F)cc1. The van der Waals surface area contributed by atoms with E-state index in [4.69, 9.17) is 0 Å². The van der Waals surface area contributed by atoms with Gasteiger partial charge < -0.3 is 9.64 Å². The molecular formula is C26H25F3N2O3S. The molecule has 0 amide bonds. The van der Waals surface area contributed by atoms with E-state index in [2.05, 4.69) is 38.6 Å². The van der Waals surface area contributed by atoms with Gasteiger partial charge in [0.05, 0.1) is 4.90 Å². The zero-order valence-electron chi connectivity index (χ0n) is 18.8. The number of halogens is 3. The number of hydrogen-bond donors (Lipinski definition) is 1. The summed E-state index contributed by atoms with van der Waals surface area (Å²) in [5, 5.41) is 0. The lowest BCUT2D eigenvalue weighted by Gasteiger charge is -2.33. The van der Waals surface area contributed by atoms with Crippen LogP contribution in [0.25, 0.3) is 0 Å². The molecule has 2 aliphatic rings. The van der Waals surface area contributed by atoms with E-state index in [1.807, 2.05) is 24.3 Å². The topological polar surface area (TPSA) is 58.6 Å². The van der Waals surface area contributed by atoms with Crippen molar-refractivity contribution < 1.29 is 26.3 Å². The minimum Gasteiger partial charge on any atom is -0.406 e. The molecule has 3 aromatic rings. The second-order valence-electron chi connectivity index (χ2n) is 8.93. The number of benzene rings is 3. The van der Waals surface area contributed by atoms with E-state index >= 15 is 0 Å². The van der Waals surface area contributed by atoms with Crippen LogP contribution in [0.15, 0.2) is 77.7 Å². The number of hydrogen-bond acceptors (Lipinski definition) is 4. The van der Waals surface area contributed by atoms with Crippen molar-refractivity contribution in [3.05, 3.63) is 83.9 Å². The smallest absolute Gasteiger partial charge is 0.406 e. The number of aryl methyl sites for hydroxylation is 2. The average Bonchev–Trinajstić information content (AvgIpc) is 3.18. The Hall–Kier alpha value is -3.04. The highest BCUT2D eigenvalue weighted by Gasteiger charge is 2.35. The number of ether oxygens (including phenoxy) is 1. The van der Waals surface area contributed by atoms with Gasteiger partial charge in [-0.3, -0.25) is 0 Å². The molecule has 1 saturated carbocycles. The summed E-state index contributed by atoms with van der Waals surface area (Å²) in [6.45, 7) is 0. The third-order valence-corrected chi connectivity index (χ3v) is 8.16. The van der Waals surface area contributed by atoms with Crippen LogP contribution >= 0.6 is 0 Å². The van der Waals surface area contributed by atoms with Gasteiger partial charge in [0.1, 0.15) is 5.75 Å². The summed E-state index contributed by atoms with van der Waals surface area (Å²) in [6.07, 6.45) is -0.839. The number of nitrogens with one attached hydrogen (secondary N) is 1. The van der Waals surface area contributed by atoms with E-state index < -0.39 is 22.1 Å². The van der Waals surface area contributed by atoms with Crippen LogP contribution in [0.5, 0.6) is 5.75 Å². The zero-order valence-corrected chi connectivity index (χ0v) is 19.6. The first-order chi connectivity index (χ1) is 16.7. The molecule has 0 saturated heterocycles. The van der Waals surface area contributed by atoms with Crippen LogP contribution in [-0.2, 0) is 22.9 Å². The van der Waals surface area contributed by atoms with Gasteiger partial charge in [-0.2, -0.15) is 0 Å². The molecule has 0 unspecified atom stereocenters. The lowest BCUT2D eigenvalue weighted by atomic mass is 10.0. The van der Waals surface area contributed by atoms with Crippen molar-refractivity contribution in [1.29, 1.82) is 0 Å². The van der Waals surface area contributed by atoms with Crippen molar-refractivity contribution in [3.63, 3.8) is 0 Å². The number of nitrogens with zero attached hydrogens (tertiary/aromatic N) is 1. The predicted octanol–water partition coefficient (Wildman–Crippen LogP) is 5.72. The first-order valence-corrected chi connectivity index (χ1v) is 13.0. The van der Waals surface area contributed by atoms with Crippen LogP contribution in [0.4, 0.5) is 24.5 Å². The van der Waals surface area contributed by atoms with Crippen molar-refractivity contribution in [2.45, 2.75) is 55.4 Å². The van der Waals surface area contributed by atoms with Gasteiger partial charge in [0.2, 0.25) is 10.0 Å². The lowest BCUT2D eigenvalue weighted by molar-refractivity contribution is -0.274. The van der Waals surface area contributed by atoms with Crippen LogP contribution in [0, 0.1) is 0 Å². The molecule has 3 aromatic carbocycles. The Balaban J connectivity index is 1.34. The minimum atomic E-state index is -4.83. The summed E-state index contributed by atoms with van der Waals surface area (Å²) < 4.78 is 69.6. The van der Waals surface area contributed by atoms with Gasteiger partial charge in [-0.05, 0) is 79.6 Å². The molecule has 184 valence electrons. The van der Waals surface area contributed by atoms with Gasteiger partial charge in [-0.25, -0.2) is 13.1 Å². The molecule has 0 aromatic heterocycles. The highest BCUT2D eigenvalue weighted by molar-refractivity contribution is 7.89. The molecule has 1 fully saturated rings. The monoisotopic (exact) mass is 502 g/mol. The number of para-hydroxylation sites is 2. The molecule has 0 bridgehead atoms. The van der Waals surface area contributed by atoms with Gasteiger partial charge in [0.15, 0.2) is 0 Å². The lowest BCUT2D eigenvalue weighted by Crippen LogP contribution is -2.36. The number of sulfonamides is 1. The summed E-state index contributed by atoms with van der Waals surface area (Å²) in [5.74, 6) is -0.462. The van der Waals surface area contributed by atoms with Crippen LogP contribution in [0.2, 0.25) is 0 Å². The Morgan fingerprint density at radius 3 is 1.97 bits per heavy atom. The molecular weight excluding hydrogens is 477 g/mol. The van der Waals surface area contributed by atoms with E-state index in [0.717, 1.165) is 54.9 Å². The normalized spacial score (nSPS) is 20.1. The Kier molecular flexibility index (Phi) is 6.23. The molecule has 5 nitrogen and oxygen atoms in total. The summed E-state index contributed by atoms with van der Waals surface area (Å²) in [7, 11) is -3.89. The number of rotatable bonds is 5. The Bertz CT molecular complexity index is 1260. The summed E-state index contributed by atoms with van der Waals surface area (Å²) >= 11 is 0. The molecule has 0 spiro atoms. The summed E-state index contributed by atoms with van der Waals surface area (Å²) in [6, 6.07) is 20.8. The third kappa shape index (κ3) is 5.16. The Morgan fingerprint density at radius 2 is 1.40 bits per heavy atom. The van der Waals surface area contributed by atoms with Gasteiger partial charge in [0.25, 0.3) is 0 Å². The standard InChI is InChI=1S/C26H25F3N2O3S/c27-26(28,29)34-22-13-15-23(16-14-22)35(32,33)30-20-11-12-21(17-20)31-24-7-3-1-5-18(24)9-10-19-6-2-4-8-25(19)31/h1-8,13-16,20-21,30H,9-12,17H2/t20-,21+/m0/s1. The largest absolute Gasteiger partial charge is 0.573 e. The number of alkyl halides is 3. The van der Waals surface area contributed by atoms with E-state index in [1.54, 1.807) is 0 Å². The Labute approximate surface area is 202 Å².